The van der Waals surface area contributed by atoms with Crippen LogP contribution in [0.4, 0.5) is 0 Å². The highest BCUT2D eigenvalue weighted by molar-refractivity contribution is 5.80. The second-order valence-corrected chi connectivity index (χ2v) is 19.5. The van der Waals surface area contributed by atoms with Gasteiger partial charge in [0.15, 0.2) is 6.29 Å². The molecular formula is C56H105NO9. The molecule has 0 saturated carbocycles. The van der Waals surface area contributed by atoms with Crippen LogP contribution >= 0.6 is 0 Å². The van der Waals surface area contributed by atoms with Gasteiger partial charge >= 0.3 is 0 Å². The number of carbonyl (C=O) groups is 1. The second kappa shape index (κ2) is 45.8. The van der Waals surface area contributed by atoms with Crippen molar-refractivity contribution in [2.45, 2.75) is 300 Å². The van der Waals surface area contributed by atoms with E-state index in [1.807, 2.05) is 6.08 Å². The Kier molecular flexibility index (Phi) is 43.3. The molecular weight excluding hydrogens is 831 g/mol. The molecule has 1 aliphatic heterocycles. The number of nitrogens with one attached hydrogen (secondary N) is 1. The van der Waals surface area contributed by atoms with Gasteiger partial charge in [-0.25, -0.2) is 0 Å². The first kappa shape index (κ1) is 62.4. The van der Waals surface area contributed by atoms with Crippen LogP contribution in [0.5, 0.6) is 0 Å². The second-order valence-electron chi connectivity index (χ2n) is 19.5. The van der Waals surface area contributed by atoms with Crippen LogP contribution in [-0.4, -0.2) is 98.7 Å². The van der Waals surface area contributed by atoms with Gasteiger partial charge in [-0.05, 0) is 57.8 Å². The number of unbranched alkanes of at least 4 members (excludes halogenated alkanes) is 32. The van der Waals surface area contributed by atoms with Gasteiger partial charge in [-0.3, -0.25) is 4.79 Å². The number of ether oxygens (including phenoxy) is 2. The third-order valence-electron chi connectivity index (χ3n) is 13.3. The molecule has 8 unspecified atom stereocenters. The summed E-state index contributed by atoms with van der Waals surface area (Å²) >= 11 is 0. The van der Waals surface area contributed by atoms with Gasteiger partial charge in [0.2, 0.25) is 5.91 Å². The third kappa shape index (κ3) is 34.6. The minimum Gasteiger partial charge on any atom is -0.394 e. The van der Waals surface area contributed by atoms with Gasteiger partial charge in [-0.15, -0.1) is 0 Å². The lowest BCUT2D eigenvalue weighted by molar-refractivity contribution is -0.302. The van der Waals surface area contributed by atoms with Gasteiger partial charge in [-0.2, -0.15) is 0 Å². The van der Waals surface area contributed by atoms with E-state index in [-0.39, 0.29) is 6.61 Å². The molecule has 1 rings (SSSR count). The van der Waals surface area contributed by atoms with Gasteiger partial charge in [0, 0.05) is 0 Å². The molecule has 66 heavy (non-hydrogen) atoms. The summed E-state index contributed by atoms with van der Waals surface area (Å²) in [7, 11) is 0. The smallest absolute Gasteiger partial charge is 0.249 e. The van der Waals surface area contributed by atoms with Crippen LogP contribution in [0.15, 0.2) is 36.5 Å². The Bertz CT molecular complexity index is 1150. The molecule has 0 aromatic carbocycles. The molecule has 8 atom stereocenters. The molecule has 1 aliphatic rings. The first-order chi connectivity index (χ1) is 32.3. The van der Waals surface area contributed by atoms with Crippen molar-refractivity contribution in [3.05, 3.63) is 36.5 Å². The molecule has 0 aromatic rings. The quantitative estimate of drug-likeness (QED) is 0.0232. The fourth-order valence-corrected chi connectivity index (χ4v) is 8.76. The molecule has 0 bridgehead atoms. The van der Waals surface area contributed by atoms with E-state index in [4.69, 9.17) is 9.47 Å². The molecule has 0 aliphatic carbocycles. The first-order valence-corrected chi connectivity index (χ1v) is 27.8. The van der Waals surface area contributed by atoms with E-state index in [1.165, 1.54) is 186 Å². The van der Waals surface area contributed by atoms with Crippen LogP contribution < -0.4 is 5.32 Å². The number of aliphatic hydroxyl groups excluding tert-OH is 6. The minimum absolute atomic E-state index is 0.302. The number of amides is 1. The SMILES string of the molecule is CCCCCCCCCCCC/C=C/CC/C=C/C(O)C(COC1OC(CO)C(O)C(O)C1O)NC(=O)C(O)CCCCCCCCCCC/C=C\CCCCCCCCCCCCCC. The van der Waals surface area contributed by atoms with Crippen molar-refractivity contribution in [3.63, 3.8) is 0 Å². The predicted octanol–water partition coefficient (Wildman–Crippen LogP) is 12.2. The van der Waals surface area contributed by atoms with Crippen LogP contribution in [0.25, 0.3) is 0 Å². The zero-order valence-electron chi connectivity index (χ0n) is 42.6. The van der Waals surface area contributed by atoms with Crippen LogP contribution in [0.2, 0.25) is 0 Å². The van der Waals surface area contributed by atoms with E-state index in [0.29, 0.717) is 19.3 Å². The molecule has 1 fully saturated rings. The molecule has 0 radical (unpaired) electrons. The maximum Gasteiger partial charge on any atom is 0.249 e. The number of hydrogen-bond acceptors (Lipinski definition) is 9. The number of hydrogen-bond donors (Lipinski definition) is 7. The minimum atomic E-state index is -1.62. The summed E-state index contributed by atoms with van der Waals surface area (Å²) < 4.78 is 11.2. The number of carbonyl (C=O) groups excluding carboxylic acids is 1. The molecule has 0 aromatic heterocycles. The monoisotopic (exact) mass is 936 g/mol. The normalized spacial score (nSPS) is 20.5. The van der Waals surface area contributed by atoms with E-state index in [2.05, 4.69) is 43.5 Å². The Balaban J connectivity index is 2.29. The molecule has 1 heterocycles. The van der Waals surface area contributed by atoms with Crippen LogP contribution in [0.3, 0.4) is 0 Å². The Morgan fingerprint density at radius 3 is 1.32 bits per heavy atom. The van der Waals surface area contributed by atoms with Crippen LogP contribution in [-0.2, 0) is 14.3 Å². The number of allylic oxidation sites excluding steroid dienone is 5. The number of rotatable bonds is 47. The van der Waals surface area contributed by atoms with Crippen molar-refractivity contribution in [3.8, 4) is 0 Å². The van der Waals surface area contributed by atoms with E-state index in [9.17, 15) is 35.4 Å². The fraction of sp³-hybridized carbons (Fsp3) is 0.875. The molecule has 7 N–H and O–H groups in total. The highest BCUT2D eigenvalue weighted by Gasteiger charge is 2.44. The van der Waals surface area contributed by atoms with Crippen molar-refractivity contribution in [1.29, 1.82) is 0 Å². The van der Waals surface area contributed by atoms with Crippen LogP contribution in [0, 0.1) is 0 Å². The third-order valence-corrected chi connectivity index (χ3v) is 13.3. The van der Waals surface area contributed by atoms with Crippen molar-refractivity contribution in [1.82, 2.24) is 5.32 Å². The first-order valence-electron chi connectivity index (χ1n) is 27.8. The standard InChI is InChI=1S/C56H105NO9/c1-3-5-7-9-11-13-15-17-19-21-22-23-24-25-26-27-28-29-31-33-35-37-39-41-43-45-50(60)55(64)57-48(47-65-56-54(63)53(62)52(61)51(46-58)66-56)49(59)44-42-40-38-36-34-32-30-20-18-16-14-12-10-8-6-4-2/h25-26,34,36,42,44,48-54,56,58-63H,3-24,27-33,35,37-41,43,45-47H2,1-2H3,(H,57,64)/b26-25-,36-34+,44-42+. The summed E-state index contributed by atoms with van der Waals surface area (Å²) in [6.07, 6.45) is 48.2. The lowest BCUT2D eigenvalue weighted by Crippen LogP contribution is -2.60. The lowest BCUT2D eigenvalue weighted by Gasteiger charge is -2.40. The molecule has 0 spiro atoms. The summed E-state index contributed by atoms with van der Waals surface area (Å²) in [5, 5.41) is 64.9. The lowest BCUT2D eigenvalue weighted by atomic mass is 9.99. The maximum absolute atomic E-state index is 13.1. The molecule has 10 nitrogen and oxygen atoms in total. The zero-order valence-corrected chi connectivity index (χ0v) is 42.6. The highest BCUT2D eigenvalue weighted by Crippen LogP contribution is 2.23. The van der Waals surface area contributed by atoms with Gasteiger partial charge in [0.25, 0.3) is 0 Å². The predicted molar refractivity (Wildman–Crippen MR) is 273 cm³/mol. The van der Waals surface area contributed by atoms with Crippen molar-refractivity contribution >= 4 is 5.91 Å². The van der Waals surface area contributed by atoms with E-state index < -0.39 is 61.5 Å². The summed E-state index contributed by atoms with van der Waals surface area (Å²) in [5.41, 5.74) is 0. The summed E-state index contributed by atoms with van der Waals surface area (Å²) in [6, 6.07) is -0.997. The highest BCUT2D eigenvalue weighted by atomic mass is 16.7. The molecule has 1 saturated heterocycles. The Hall–Kier alpha value is -1.63. The van der Waals surface area contributed by atoms with Crippen LogP contribution in [0.1, 0.15) is 251 Å². The van der Waals surface area contributed by atoms with Gasteiger partial charge in [0.1, 0.15) is 30.5 Å². The summed E-state index contributed by atoms with van der Waals surface area (Å²) in [5.74, 6) is -0.626. The van der Waals surface area contributed by atoms with E-state index in [0.717, 1.165) is 32.1 Å². The van der Waals surface area contributed by atoms with Gasteiger partial charge in [0.05, 0.1) is 25.4 Å². The van der Waals surface area contributed by atoms with Crippen molar-refractivity contribution < 1.29 is 44.9 Å². The molecule has 1 amide bonds. The summed E-state index contributed by atoms with van der Waals surface area (Å²) in [6.45, 7) is 3.61. The molecule has 388 valence electrons. The maximum atomic E-state index is 13.1. The van der Waals surface area contributed by atoms with Gasteiger partial charge in [-0.1, -0.05) is 230 Å². The van der Waals surface area contributed by atoms with Crippen molar-refractivity contribution in [2.24, 2.45) is 0 Å². The van der Waals surface area contributed by atoms with Crippen molar-refractivity contribution in [2.75, 3.05) is 13.2 Å². The van der Waals surface area contributed by atoms with E-state index in [1.54, 1.807) is 6.08 Å². The van der Waals surface area contributed by atoms with E-state index >= 15 is 0 Å². The number of aliphatic hydroxyl groups is 6. The largest absolute Gasteiger partial charge is 0.394 e. The Labute approximate surface area is 404 Å². The average Bonchev–Trinajstić information content (AvgIpc) is 3.32. The van der Waals surface area contributed by atoms with Gasteiger partial charge < -0.3 is 45.4 Å². The topological polar surface area (TPSA) is 169 Å². The zero-order chi connectivity index (χ0) is 48.1. The Morgan fingerprint density at radius 1 is 0.515 bits per heavy atom. The average molecular weight is 936 g/mol. The molecule has 10 heteroatoms. The summed E-state index contributed by atoms with van der Waals surface area (Å²) in [4.78, 5) is 13.1. The Morgan fingerprint density at radius 2 is 0.894 bits per heavy atom. The fourth-order valence-electron chi connectivity index (χ4n) is 8.76.